The number of halogens is 1. The Morgan fingerprint density at radius 1 is 0.938 bits per heavy atom. The number of rotatable bonds is 5. The number of fused-ring (bicyclic) bond motifs is 1. The van der Waals surface area contributed by atoms with E-state index in [0.717, 1.165) is 15.6 Å². The average Bonchev–Trinajstić information content (AvgIpc) is 2.80. The van der Waals surface area contributed by atoms with Gasteiger partial charge in [0, 0.05) is 10.0 Å². The summed E-state index contributed by atoms with van der Waals surface area (Å²) >= 11 is 3.43. The average molecular weight is 492 g/mol. The van der Waals surface area contributed by atoms with Gasteiger partial charge in [0.1, 0.15) is 0 Å². The first-order valence-electron chi connectivity index (χ1n) is 9.97. The van der Waals surface area contributed by atoms with Crippen LogP contribution in [0, 0.1) is 13.8 Å². The first kappa shape index (κ1) is 21.8. The van der Waals surface area contributed by atoms with Crippen LogP contribution in [-0.2, 0) is 0 Å². The third-order valence-corrected chi connectivity index (χ3v) is 5.80. The lowest BCUT2D eigenvalue weighted by Crippen LogP contribution is -2.20. The lowest BCUT2D eigenvalue weighted by molar-refractivity contribution is 0.355. The fraction of sp³-hybridized carbons (Fsp3) is 0.160. The number of hydrogen-bond acceptors (Lipinski definition) is 5. The van der Waals surface area contributed by atoms with Crippen LogP contribution in [0.5, 0.6) is 11.5 Å². The maximum atomic E-state index is 13.4. The Labute approximate surface area is 194 Å². The van der Waals surface area contributed by atoms with Crippen LogP contribution in [-0.4, -0.2) is 30.1 Å². The van der Waals surface area contributed by atoms with Gasteiger partial charge in [-0.2, -0.15) is 9.78 Å². The predicted octanol–water partition coefficient (Wildman–Crippen LogP) is 5.34. The van der Waals surface area contributed by atoms with Gasteiger partial charge in [0.25, 0.3) is 5.56 Å². The minimum atomic E-state index is -0.263. The molecule has 0 saturated carbocycles. The normalized spacial score (nSPS) is 11.3. The number of nitrogens with zero attached hydrogens (tertiary/aromatic N) is 3. The first-order valence-corrected chi connectivity index (χ1v) is 10.8. The molecule has 0 N–H and O–H groups in total. The number of benzene rings is 3. The highest BCUT2D eigenvalue weighted by molar-refractivity contribution is 9.10. The molecule has 6 nitrogen and oxygen atoms in total. The lowest BCUT2D eigenvalue weighted by atomic mass is 10.1. The Kier molecular flexibility index (Phi) is 6.10. The molecule has 0 amide bonds. The maximum Gasteiger partial charge on any atom is 0.282 e. The number of aromatic nitrogens is 2. The van der Waals surface area contributed by atoms with Crippen LogP contribution in [0.1, 0.15) is 16.7 Å². The van der Waals surface area contributed by atoms with Gasteiger partial charge in [-0.15, -0.1) is 0 Å². The molecule has 4 aromatic rings. The Bertz CT molecular complexity index is 1410. The van der Waals surface area contributed by atoms with Gasteiger partial charge in [0.05, 0.1) is 31.3 Å². The van der Waals surface area contributed by atoms with E-state index in [1.54, 1.807) is 38.6 Å². The second-order valence-electron chi connectivity index (χ2n) is 7.37. The van der Waals surface area contributed by atoms with Crippen LogP contribution < -0.4 is 15.0 Å². The molecule has 0 aliphatic carbocycles. The van der Waals surface area contributed by atoms with E-state index in [2.05, 4.69) is 28.0 Å². The van der Waals surface area contributed by atoms with Gasteiger partial charge in [0.15, 0.2) is 17.3 Å². The molecule has 7 heteroatoms. The van der Waals surface area contributed by atoms with Crippen molar-refractivity contribution in [3.8, 4) is 22.9 Å². The molecule has 1 aromatic heterocycles. The third-order valence-electron chi connectivity index (χ3n) is 5.30. The molecule has 32 heavy (non-hydrogen) atoms. The summed E-state index contributed by atoms with van der Waals surface area (Å²) in [6, 6.07) is 16.9. The van der Waals surface area contributed by atoms with Crippen molar-refractivity contribution in [3.63, 3.8) is 0 Å². The number of hydrogen-bond donors (Lipinski definition) is 0. The van der Waals surface area contributed by atoms with Gasteiger partial charge in [0.2, 0.25) is 0 Å². The molecule has 0 fully saturated rings. The minimum absolute atomic E-state index is 0.263. The zero-order valence-electron chi connectivity index (χ0n) is 18.2. The first-order chi connectivity index (χ1) is 15.4. The van der Waals surface area contributed by atoms with Crippen molar-refractivity contribution in [1.82, 2.24) is 9.66 Å². The van der Waals surface area contributed by atoms with Crippen molar-refractivity contribution in [3.05, 3.63) is 86.1 Å². The summed E-state index contributed by atoms with van der Waals surface area (Å²) in [6.07, 6.45) is 1.67. The van der Waals surface area contributed by atoms with Crippen molar-refractivity contribution in [2.45, 2.75) is 13.8 Å². The summed E-state index contributed by atoms with van der Waals surface area (Å²) in [6.45, 7) is 4.10. The van der Waals surface area contributed by atoms with Gasteiger partial charge < -0.3 is 9.47 Å². The van der Waals surface area contributed by atoms with Crippen molar-refractivity contribution >= 4 is 33.0 Å². The molecule has 0 aliphatic heterocycles. The molecule has 0 unspecified atom stereocenters. The zero-order chi connectivity index (χ0) is 22.8. The second-order valence-corrected chi connectivity index (χ2v) is 8.29. The minimum Gasteiger partial charge on any atom is -0.493 e. The fourth-order valence-electron chi connectivity index (χ4n) is 3.39. The van der Waals surface area contributed by atoms with Gasteiger partial charge in [-0.1, -0.05) is 34.1 Å². The van der Waals surface area contributed by atoms with Crippen LogP contribution in [0.3, 0.4) is 0 Å². The van der Waals surface area contributed by atoms with E-state index in [9.17, 15) is 4.79 Å². The SMILES string of the molecule is COc1ccc(-c2nc3ccc(Br)cc3c(=O)n2N=Cc2ccc(C)c(C)c2)cc1OC. The molecule has 0 aliphatic rings. The summed E-state index contributed by atoms with van der Waals surface area (Å²) in [7, 11) is 3.14. The van der Waals surface area contributed by atoms with E-state index >= 15 is 0 Å². The quantitative estimate of drug-likeness (QED) is 0.353. The maximum absolute atomic E-state index is 13.4. The number of aryl methyl sites for hydroxylation is 2. The molecule has 0 radical (unpaired) electrons. The topological polar surface area (TPSA) is 65.7 Å². The molecular formula is C25H22BrN3O3. The predicted molar refractivity (Wildman–Crippen MR) is 131 cm³/mol. The van der Waals surface area contributed by atoms with Crippen LogP contribution in [0.2, 0.25) is 0 Å². The van der Waals surface area contributed by atoms with Crippen LogP contribution in [0.15, 0.2) is 69.0 Å². The van der Waals surface area contributed by atoms with E-state index in [0.29, 0.717) is 33.8 Å². The Morgan fingerprint density at radius 3 is 2.44 bits per heavy atom. The summed E-state index contributed by atoms with van der Waals surface area (Å²) < 4.78 is 12.9. The monoisotopic (exact) mass is 491 g/mol. The lowest BCUT2D eigenvalue weighted by Gasteiger charge is -2.12. The van der Waals surface area contributed by atoms with E-state index in [1.807, 2.05) is 43.3 Å². The van der Waals surface area contributed by atoms with Crippen LogP contribution in [0.4, 0.5) is 0 Å². The number of ether oxygens (including phenoxy) is 2. The second kappa shape index (κ2) is 8.96. The molecule has 0 bridgehead atoms. The highest BCUT2D eigenvalue weighted by atomic mass is 79.9. The van der Waals surface area contributed by atoms with E-state index in [1.165, 1.54) is 10.2 Å². The van der Waals surface area contributed by atoms with E-state index < -0.39 is 0 Å². The van der Waals surface area contributed by atoms with E-state index in [4.69, 9.17) is 14.5 Å². The van der Waals surface area contributed by atoms with E-state index in [-0.39, 0.29) is 5.56 Å². The number of methoxy groups -OCH3 is 2. The molecular weight excluding hydrogens is 470 g/mol. The highest BCUT2D eigenvalue weighted by Gasteiger charge is 2.15. The van der Waals surface area contributed by atoms with Gasteiger partial charge in [-0.3, -0.25) is 4.79 Å². The summed E-state index contributed by atoms with van der Waals surface area (Å²) in [5.74, 6) is 1.54. The van der Waals surface area contributed by atoms with Crippen molar-refractivity contribution in [2.24, 2.45) is 5.10 Å². The highest BCUT2D eigenvalue weighted by Crippen LogP contribution is 2.32. The van der Waals surface area contributed by atoms with Gasteiger partial charge in [-0.05, 0) is 66.9 Å². The molecule has 0 spiro atoms. The van der Waals surface area contributed by atoms with Crippen molar-refractivity contribution in [1.29, 1.82) is 0 Å². The fourth-order valence-corrected chi connectivity index (χ4v) is 3.75. The molecule has 1 heterocycles. The summed E-state index contributed by atoms with van der Waals surface area (Å²) in [5.41, 5.74) is 4.25. The zero-order valence-corrected chi connectivity index (χ0v) is 19.8. The molecule has 162 valence electrons. The summed E-state index contributed by atoms with van der Waals surface area (Å²) in [5, 5.41) is 5.00. The standard InChI is InChI=1S/C25H22BrN3O3/c1-15-5-6-17(11-16(15)2)14-27-29-24(18-7-10-22(31-3)23(12-18)32-4)28-21-9-8-19(26)13-20(21)25(29)30/h5-14H,1-4H3. The Hall–Kier alpha value is -3.45. The van der Waals surface area contributed by atoms with Crippen molar-refractivity contribution < 1.29 is 9.47 Å². The molecule has 0 atom stereocenters. The van der Waals surface area contributed by atoms with Gasteiger partial charge >= 0.3 is 0 Å². The molecule has 3 aromatic carbocycles. The Balaban J connectivity index is 1.95. The third kappa shape index (κ3) is 4.16. The smallest absolute Gasteiger partial charge is 0.282 e. The summed E-state index contributed by atoms with van der Waals surface area (Å²) in [4.78, 5) is 18.2. The molecule has 0 saturated heterocycles. The van der Waals surface area contributed by atoms with Crippen LogP contribution >= 0.6 is 15.9 Å². The Morgan fingerprint density at radius 2 is 1.72 bits per heavy atom. The molecule has 4 rings (SSSR count). The largest absolute Gasteiger partial charge is 0.493 e. The van der Waals surface area contributed by atoms with Crippen molar-refractivity contribution in [2.75, 3.05) is 14.2 Å². The van der Waals surface area contributed by atoms with Crippen LogP contribution in [0.25, 0.3) is 22.3 Å². The van der Waals surface area contributed by atoms with Gasteiger partial charge in [-0.25, -0.2) is 4.98 Å².